The Morgan fingerprint density at radius 1 is 0.944 bits per heavy atom. The van der Waals surface area contributed by atoms with Crippen LogP contribution in [0.3, 0.4) is 0 Å². The van der Waals surface area contributed by atoms with Gasteiger partial charge in [-0.2, -0.15) is 26.3 Å². The zero-order valence-corrected chi connectivity index (χ0v) is 20.6. The van der Waals surface area contributed by atoms with E-state index in [0.29, 0.717) is 11.8 Å². The van der Waals surface area contributed by atoms with Crippen LogP contribution in [0.1, 0.15) is 45.2 Å². The molecule has 0 spiro atoms. The lowest BCUT2D eigenvalue weighted by atomic mass is 9.85. The van der Waals surface area contributed by atoms with Crippen molar-refractivity contribution in [1.82, 2.24) is 0 Å². The molecule has 4 nitrogen and oxygen atoms in total. The van der Waals surface area contributed by atoms with Crippen LogP contribution in [0.25, 0.3) is 0 Å². The minimum atomic E-state index is -4.71. The largest absolute Gasteiger partial charge is 0.416 e. The smallest absolute Gasteiger partial charge is 0.311 e. The van der Waals surface area contributed by atoms with E-state index in [-0.39, 0.29) is 31.7 Å². The highest BCUT2D eigenvalue weighted by Crippen LogP contribution is 2.42. The van der Waals surface area contributed by atoms with Gasteiger partial charge in [-0.05, 0) is 68.8 Å². The number of hydrogen-bond donors (Lipinski definition) is 0. The molecule has 0 radical (unpaired) electrons. The summed E-state index contributed by atoms with van der Waals surface area (Å²) >= 11 is 1.05. The van der Waals surface area contributed by atoms with Crippen molar-refractivity contribution in [3.8, 4) is 0 Å². The summed E-state index contributed by atoms with van der Waals surface area (Å²) in [5.41, 5.74) is -1.64. The summed E-state index contributed by atoms with van der Waals surface area (Å²) in [6.45, 7) is 2.81. The molecule has 3 rings (SSSR count). The SMILES string of the molecule is C.CSc1cc(C(F)(F)F)ccc1N1CC[C@@H](C(C)(C)S(=O)(=O)c2cccc(C(F)(F)F)c2)CC1=O. The van der Waals surface area contributed by atoms with Crippen molar-refractivity contribution in [2.45, 2.75) is 61.0 Å². The number of rotatable bonds is 5. The first kappa shape index (κ1) is 30.0. The van der Waals surface area contributed by atoms with Crippen LogP contribution in [0.5, 0.6) is 0 Å². The predicted molar refractivity (Wildman–Crippen MR) is 128 cm³/mol. The molecule has 12 heteroatoms. The molecule has 1 heterocycles. The Kier molecular flexibility index (Phi) is 8.57. The number of hydrogen-bond acceptors (Lipinski definition) is 4. The van der Waals surface area contributed by atoms with Crippen molar-refractivity contribution in [2.24, 2.45) is 5.92 Å². The maximum absolute atomic E-state index is 13.3. The number of amides is 1. The van der Waals surface area contributed by atoms with E-state index in [2.05, 4.69) is 0 Å². The minimum absolute atomic E-state index is 0. The number of halogens is 6. The first-order chi connectivity index (χ1) is 16.0. The molecule has 0 aliphatic carbocycles. The number of nitrogens with zero attached hydrogens (tertiary/aromatic N) is 1. The Labute approximate surface area is 211 Å². The third kappa shape index (κ3) is 5.69. The third-order valence-corrected chi connectivity index (χ3v) is 9.73. The van der Waals surface area contributed by atoms with E-state index in [0.717, 1.165) is 42.1 Å². The summed E-state index contributed by atoms with van der Waals surface area (Å²) in [4.78, 5) is 14.1. The summed E-state index contributed by atoms with van der Waals surface area (Å²) in [5, 5.41) is 0. The highest BCUT2D eigenvalue weighted by molar-refractivity contribution is 7.98. The van der Waals surface area contributed by atoms with Gasteiger partial charge in [0.2, 0.25) is 5.91 Å². The Morgan fingerprint density at radius 3 is 2.06 bits per heavy atom. The van der Waals surface area contributed by atoms with E-state index in [1.165, 1.54) is 24.8 Å². The molecule has 0 N–H and O–H groups in total. The van der Waals surface area contributed by atoms with Crippen molar-refractivity contribution in [1.29, 1.82) is 0 Å². The molecule has 1 amide bonds. The quantitative estimate of drug-likeness (QED) is 0.292. The molecule has 1 fully saturated rings. The molecule has 1 saturated heterocycles. The Morgan fingerprint density at radius 2 is 1.53 bits per heavy atom. The van der Waals surface area contributed by atoms with E-state index >= 15 is 0 Å². The Hall–Kier alpha value is -2.21. The second kappa shape index (κ2) is 10.3. The van der Waals surface area contributed by atoms with Gasteiger partial charge in [-0.3, -0.25) is 4.79 Å². The molecular weight excluding hydrogens is 528 g/mol. The van der Waals surface area contributed by atoms with E-state index in [1.807, 2.05) is 0 Å². The molecule has 0 aromatic heterocycles. The van der Waals surface area contributed by atoms with Gasteiger partial charge in [0.25, 0.3) is 0 Å². The molecule has 0 bridgehead atoms. The monoisotopic (exact) mass is 555 g/mol. The lowest BCUT2D eigenvalue weighted by molar-refractivity contribution is -0.138. The van der Waals surface area contributed by atoms with Gasteiger partial charge in [-0.15, -0.1) is 11.8 Å². The number of benzene rings is 2. The van der Waals surface area contributed by atoms with E-state index < -0.39 is 54.8 Å². The standard InChI is InChI=1S/C23H23F6NO3S2.CH4/c1-21(2,35(32,33)17-6-4-5-15(11-17)22(24,25)26)14-9-10-30(20(31)13-14)18-8-7-16(23(27,28)29)12-19(18)34-3;/h4-8,11-12,14H,9-10,13H2,1-3H3;1H4/t14-;/m1./s1. The molecule has 1 atom stereocenters. The fourth-order valence-corrected chi connectivity index (χ4v) is 6.54. The zero-order valence-electron chi connectivity index (χ0n) is 19.0. The van der Waals surface area contributed by atoms with Crippen LogP contribution in [0.15, 0.2) is 52.3 Å². The fourth-order valence-electron chi connectivity index (χ4n) is 4.12. The molecule has 36 heavy (non-hydrogen) atoms. The maximum Gasteiger partial charge on any atom is 0.416 e. The number of carbonyl (C=O) groups is 1. The van der Waals surface area contributed by atoms with Gasteiger partial charge in [0.15, 0.2) is 9.84 Å². The van der Waals surface area contributed by atoms with E-state index in [9.17, 15) is 39.6 Å². The van der Waals surface area contributed by atoms with Crippen molar-refractivity contribution >= 4 is 33.2 Å². The molecule has 1 aliphatic rings. The topological polar surface area (TPSA) is 54.5 Å². The van der Waals surface area contributed by atoms with Gasteiger partial charge in [-0.25, -0.2) is 8.42 Å². The van der Waals surface area contributed by atoms with Gasteiger partial charge < -0.3 is 4.90 Å². The van der Waals surface area contributed by atoms with E-state index in [4.69, 9.17) is 0 Å². The highest BCUT2D eigenvalue weighted by atomic mass is 32.2. The van der Waals surface area contributed by atoms with Crippen LogP contribution in [-0.2, 0) is 27.0 Å². The molecule has 200 valence electrons. The second-order valence-electron chi connectivity index (χ2n) is 8.75. The van der Waals surface area contributed by atoms with Gasteiger partial charge >= 0.3 is 12.4 Å². The average Bonchev–Trinajstić information content (AvgIpc) is 2.77. The summed E-state index contributed by atoms with van der Waals surface area (Å²) in [5.74, 6) is -1.18. The maximum atomic E-state index is 13.3. The van der Waals surface area contributed by atoms with Crippen molar-refractivity contribution in [3.63, 3.8) is 0 Å². The second-order valence-corrected chi connectivity index (χ2v) is 12.1. The summed E-state index contributed by atoms with van der Waals surface area (Å²) in [7, 11) is -4.26. The van der Waals surface area contributed by atoms with Gasteiger partial charge in [0, 0.05) is 17.9 Å². The number of thioether (sulfide) groups is 1. The van der Waals surface area contributed by atoms with Crippen LogP contribution in [0, 0.1) is 5.92 Å². The van der Waals surface area contributed by atoms with Gasteiger partial charge in [0.05, 0.1) is 26.5 Å². The molecule has 2 aromatic carbocycles. The molecule has 0 unspecified atom stereocenters. The van der Waals surface area contributed by atoms with Gasteiger partial charge in [0.1, 0.15) is 0 Å². The van der Waals surface area contributed by atoms with E-state index in [1.54, 1.807) is 6.26 Å². The Balaban J connectivity index is 0.00000456. The lowest BCUT2D eigenvalue weighted by Gasteiger charge is -2.40. The number of sulfone groups is 1. The minimum Gasteiger partial charge on any atom is -0.311 e. The van der Waals surface area contributed by atoms with Crippen LogP contribution >= 0.6 is 11.8 Å². The number of piperidine rings is 1. The third-order valence-electron chi connectivity index (χ3n) is 6.37. The Bertz CT molecular complexity index is 1220. The van der Waals surface area contributed by atoms with Crippen LogP contribution in [-0.4, -0.2) is 31.9 Å². The van der Waals surface area contributed by atoms with Gasteiger partial charge in [-0.1, -0.05) is 13.5 Å². The molecule has 0 saturated carbocycles. The van der Waals surface area contributed by atoms with Crippen LogP contribution in [0.4, 0.5) is 32.0 Å². The van der Waals surface area contributed by atoms with Crippen molar-refractivity contribution in [2.75, 3.05) is 17.7 Å². The first-order valence-corrected chi connectivity index (χ1v) is 13.2. The highest BCUT2D eigenvalue weighted by Gasteiger charge is 2.46. The molecule has 1 aliphatic heterocycles. The summed E-state index contributed by atoms with van der Waals surface area (Å²) in [6, 6.07) is 6.54. The van der Waals surface area contributed by atoms with Crippen molar-refractivity contribution in [3.05, 3.63) is 53.6 Å². The normalized spacial score (nSPS) is 17.6. The average molecular weight is 556 g/mol. The molecular formula is C24H27F6NO3S2. The molecule has 2 aromatic rings. The lowest BCUT2D eigenvalue weighted by Crippen LogP contribution is -2.48. The number of alkyl halides is 6. The van der Waals surface area contributed by atoms with Crippen LogP contribution in [0.2, 0.25) is 0 Å². The first-order valence-electron chi connectivity index (χ1n) is 10.5. The fraction of sp³-hybridized carbons (Fsp3) is 0.458. The summed E-state index contributed by atoms with van der Waals surface area (Å²) in [6.07, 6.45) is -7.69. The van der Waals surface area contributed by atoms with Crippen molar-refractivity contribution < 1.29 is 39.6 Å². The number of anilines is 1. The summed E-state index contributed by atoms with van der Waals surface area (Å²) < 4.78 is 104. The zero-order chi connectivity index (χ0) is 26.4. The predicted octanol–water partition coefficient (Wildman–Crippen LogP) is 7.08. The van der Waals surface area contributed by atoms with Crippen LogP contribution < -0.4 is 4.90 Å². The number of carbonyl (C=O) groups excluding carboxylic acids is 1.